The van der Waals surface area contributed by atoms with E-state index in [1.807, 2.05) is 24.3 Å². The zero-order valence-corrected chi connectivity index (χ0v) is 12.6. The molecule has 4 aromatic rings. The molecule has 2 heterocycles. The second kappa shape index (κ2) is 4.87. The smallest absolute Gasteiger partial charge is 0.352 e. The molecule has 0 aliphatic rings. The third kappa shape index (κ3) is 2.08. The topological polar surface area (TPSA) is 60.1 Å². The molecule has 2 aromatic carbocycles. The predicted octanol–water partition coefficient (Wildman–Crippen LogP) is 4.06. The zero-order chi connectivity index (χ0) is 15.3. The largest absolute Gasteiger partial charge is 0.420 e. The predicted molar refractivity (Wildman–Crippen MR) is 86.4 cm³/mol. The van der Waals surface area contributed by atoms with Gasteiger partial charge in [0.15, 0.2) is 16.6 Å². The van der Waals surface area contributed by atoms with Gasteiger partial charge in [0.2, 0.25) is 0 Å². The lowest BCUT2D eigenvalue weighted by Gasteiger charge is -2.01. The van der Waals surface area contributed by atoms with Gasteiger partial charge in [-0.2, -0.15) is 0 Å². The molecule has 0 radical (unpaired) electrons. The van der Waals surface area contributed by atoms with Crippen molar-refractivity contribution < 1.29 is 9.40 Å². The van der Waals surface area contributed by atoms with Crippen LogP contribution in [0.25, 0.3) is 33.4 Å². The number of rotatable bonds is 1. The van der Waals surface area contributed by atoms with Gasteiger partial charge in [0.25, 0.3) is 5.82 Å². The summed E-state index contributed by atoms with van der Waals surface area (Å²) in [5.41, 5.74) is 2.06. The van der Waals surface area contributed by atoms with E-state index in [1.54, 1.807) is 18.2 Å². The Morgan fingerprint density at radius 3 is 2.73 bits per heavy atom. The molecule has 2 aromatic heterocycles. The Morgan fingerprint density at radius 1 is 1.09 bits per heavy atom. The Bertz CT molecular complexity index is 1050. The highest BCUT2D eigenvalue weighted by molar-refractivity contribution is 6.38. The molecular formula is C16H9Cl2N2O2+. The number of hydrogen-bond acceptors (Lipinski definition) is 2. The standard InChI is InChI=1S/C16H8Cl2N2O2/c17-9-5-8-6-10(16(21)22-14(8)11(18)7-9)15-19-12-3-1-2-4-13(12)20-15/h1-7H,(H,19,20)/p+1. The summed E-state index contributed by atoms with van der Waals surface area (Å²) >= 11 is 12.1. The van der Waals surface area contributed by atoms with Gasteiger partial charge in [0.1, 0.15) is 5.56 Å². The Hall–Kier alpha value is -2.30. The van der Waals surface area contributed by atoms with Crippen LogP contribution in [0.15, 0.2) is 51.7 Å². The Morgan fingerprint density at radius 2 is 1.91 bits per heavy atom. The lowest BCUT2D eigenvalue weighted by Crippen LogP contribution is -2.11. The molecule has 0 saturated heterocycles. The molecule has 0 aliphatic heterocycles. The quantitative estimate of drug-likeness (QED) is 0.534. The van der Waals surface area contributed by atoms with E-state index in [1.165, 1.54) is 0 Å². The number of aromatic amines is 2. The van der Waals surface area contributed by atoms with Crippen LogP contribution in [0.3, 0.4) is 0 Å². The van der Waals surface area contributed by atoms with Gasteiger partial charge < -0.3 is 4.42 Å². The molecule has 4 rings (SSSR count). The van der Waals surface area contributed by atoms with Gasteiger partial charge in [-0.15, -0.1) is 0 Å². The molecule has 0 aliphatic carbocycles. The SMILES string of the molecule is O=c1oc2c(Cl)cc(Cl)cc2cc1-c1[nH]c2ccccc2[nH+]1. The number of benzene rings is 2. The minimum atomic E-state index is -0.473. The highest BCUT2D eigenvalue weighted by Crippen LogP contribution is 2.28. The molecule has 0 amide bonds. The fraction of sp³-hybridized carbons (Fsp3) is 0. The first kappa shape index (κ1) is 13.4. The first-order valence-electron chi connectivity index (χ1n) is 6.55. The van der Waals surface area contributed by atoms with Crippen LogP contribution in [-0.2, 0) is 0 Å². The fourth-order valence-corrected chi connectivity index (χ4v) is 3.02. The van der Waals surface area contributed by atoms with Crippen molar-refractivity contribution in [1.82, 2.24) is 4.98 Å². The van der Waals surface area contributed by atoms with Crippen LogP contribution in [0.4, 0.5) is 0 Å². The molecule has 22 heavy (non-hydrogen) atoms. The van der Waals surface area contributed by atoms with E-state index >= 15 is 0 Å². The van der Waals surface area contributed by atoms with Crippen molar-refractivity contribution in [2.75, 3.05) is 0 Å². The van der Waals surface area contributed by atoms with Gasteiger partial charge >= 0.3 is 5.63 Å². The van der Waals surface area contributed by atoms with Crippen molar-refractivity contribution in [3.8, 4) is 11.4 Å². The number of imidazole rings is 1. The number of fused-ring (bicyclic) bond motifs is 2. The second-order valence-electron chi connectivity index (χ2n) is 4.92. The summed E-state index contributed by atoms with van der Waals surface area (Å²) in [6, 6.07) is 12.6. The summed E-state index contributed by atoms with van der Waals surface area (Å²) < 4.78 is 5.34. The van der Waals surface area contributed by atoms with E-state index in [0.717, 1.165) is 11.0 Å². The van der Waals surface area contributed by atoms with Crippen molar-refractivity contribution in [3.05, 3.63) is 62.9 Å². The first-order chi connectivity index (χ1) is 10.6. The summed E-state index contributed by atoms with van der Waals surface area (Å²) in [5.74, 6) is 0.577. The number of hydrogen-bond donors (Lipinski definition) is 1. The van der Waals surface area contributed by atoms with Crippen molar-refractivity contribution >= 4 is 45.2 Å². The molecular weight excluding hydrogens is 323 g/mol. The third-order valence-corrected chi connectivity index (χ3v) is 3.97. The number of H-pyrrole nitrogens is 2. The van der Waals surface area contributed by atoms with E-state index in [-0.39, 0.29) is 0 Å². The molecule has 0 fully saturated rings. The van der Waals surface area contributed by atoms with Crippen LogP contribution in [0.1, 0.15) is 0 Å². The van der Waals surface area contributed by atoms with Gasteiger partial charge in [0, 0.05) is 10.4 Å². The Balaban J connectivity index is 2.02. The number of aromatic nitrogens is 2. The average molecular weight is 332 g/mol. The summed E-state index contributed by atoms with van der Waals surface area (Å²) in [5, 5.41) is 1.46. The Kier molecular flexibility index (Phi) is 2.96. The van der Waals surface area contributed by atoms with Crippen LogP contribution < -0.4 is 10.6 Å². The van der Waals surface area contributed by atoms with Crippen molar-refractivity contribution in [2.24, 2.45) is 0 Å². The van der Waals surface area contributed by atoms with E-state index in [9.17, 15) is 4.79 Å². The lowest BCUT2D eigenvalue weighted by atomic mass is 10.2. The number of para-hydroxylation sites is 2. The molecule has 0 atom stereocenters. The zero-order valence-electron chi connectivity index (χ0n) is 11.1. The van der Waals surface area contributed by atoms with Crippen LogP contribution in [-0.4, -0.2) is 4.98 Å². The van der Waals surface area contributed by atoms with E-state index < -0.39 is 5.63 Å². The molecule has 4 nitrogen and oxygen atoms in total. The molecule has 2 N–H and O–H groups in total. The van der Waals surface area contributed by atoms with Gasteiger partial charge in [-0.25, -0.2) is 14.8 Å². The molecule has 0 unspecified atom stereocenters. The van der Waals surface area contributed by atoms with Crippen LogP contribution in [0.2, 0.25) is 10.0 Å². The van der Waals surface area contributed by atoms with Crippen LogP contribution >= 0.6 is 23.2 Å². The van der Waals surface area contributed by atoms with Gasteiger partial charge in [0.05, 0.1) is 5.02 Å². The summed E-state index contributed by atoms with van der Waals surface area (Å²) in [6.07, 6.45) is 0. The normalized spacial score (nSPS) is 11.4. The van der Waals surface area contributed by atoms with Crippen molar-refractivity contribution in [3.63, 3.8) is 0 Å². The second-order valence-corrected chi connectivity index (χ2v) is 5.77. The van der Waals surface area contributed by atoms with Crippen molar-refractivity contribution in [2.45, 2.75) is 0 Å². The molecule has 108 valence electrons. The minimum absolute atomic E-state index is 0.312. The summed E-state index contributed by atoms with van der Waals surface area (Å²) in [6.45, 7) is 0. The maximum absolute atomic E-state index is 12.2. The van der Waals surface area contributed by atoms with E-state index in [2.05, 4.69) is 9.97 Å². The summed E-state index contributed by atoms with van der Waals surface area (Å²) in [4.78, 5) is 18.6. The van der Waals surface area contributed by atoms with E-state index in [4.69, 9.17) is 27.6 Å². The monoisotopic (exact) mass is 331 g/mol. The minimum Gasteiger partial charge on any atom is -0.420 e. The van der Waals surface area contributed by atoms with Gasteiger partial charge in [-0.1, -0.05) is 35.3 Å². The van der Waals surface area contributed by atoms with Crippen molar-refractivity contribution in [1.29, 1.82) is 0 Å². The highest BCUT2D eigenvalue weighted by Gasteiger charge is 2.18. The average Bonchev–Trinajstić information content (AvgIpc) is 2.91. The van der Waals surface area contributed by atoms with E-state index in [0.29, 0.717) is 32.4 Å². The highest BCUT2D eigenvalue weighted by atomic mass is 35.5. The molecule has 0 saturated carbocycles. The maximum atomic E-state index is 12.2. The molecule has 0 spiro atoms. The van der Waals surface area contributed by atoms with Gasteiger partial charge in [-0.05, 0) is 30.3 Å². The lowest BCUT2D eigenvalue weighted by molar-refractivity contribution is -0.330. The van der Waals surface area contributed by atoms with Gasteiger partial charge in [-0.3, -0.25) is 0 Å². The van der Waals surface area contributed by atoms with Crippen LogP contribution in [0, 0.1) is 0 Å². The first-order valence-corrected chi connectivity index (χ1v) is 7.31. The Labute approximate surface area is 134 Å². The summed E-state index contributed by atoms with van der Waals surface area (Å²) in [7, 11) is 0. The maximum Gasteiger partial charge on any atom is 0.352 e. The number of nitrogens with one attached hydrogen (secondary N) is 2. The third-order valence-electron chi connectivity index (χ3n) is 3.47. The molecule has 0 bridgehead atoms. The number of halogens is 2. The molecule has 6 heteroatoms. The van der Waals surface area contributed by atoms with Crippen LogP contribution in [0.5, 0.6) is 0 Å². The fourth-order valence-electron chi connectivity index (χ4n) is 2.47.